The molecule has 11 heteroatoms. The third-order valence-corrected chi connectivity index (χ3v) is 4.80. The second-order valence-electron chi connectivity index (χ2n) is 3.74. The molecule has 0 atom stereocenters. The summed E-state index contributed by atoms with van der Waals surface area (Å²) in [4.78, 5) is 22.1. The minimum atomic E-state index is -1.20. The summed E-state index contributed by atoms with van der Waals surface area (Å²) in [5.74, 6) is -1.43. The highest BCUT2D eigenvalue weighted by molar-refractivity contribution is 8.01. The van der Waals surface area contributed by atoms with Crippen molar-refractivity contribution in [2.24, 2.45) is 0 Å². The number of carboxylic acids is 1. The average molecular weight is 378 g/mol. The maximum Gasteiger partial charge on any atom is 0.325 e. The molecule has 116 valence electrons. The van der Waals surface area contributed by atoms with Gasteiger partial charge in [0.05, 0.1) is 16.0 Å². The normalized spacial score (nSPS) is 10.3. The van der Waals surface area contributed by atoms with Gasteiger partial charge in [0.1, 0.15) is 0 Å². The average Bonchev–Trinajstić information content (AvgIpc) is 2.88. The van der Waals surface area contributed by atoms with E-state index in [9.17, 15) is 14.7 Å². The van der Waals surface area contributed by atoms with Crippen LogP contribution in [-0.4, -0.2) is 28.0 Å². The fourth-order valence-electron chi connectivity index (χ4n) is 1.27. The number of nitrogens with zero attached hydrogens (tertiary/aromatic N) is 2. The predicted octanol–water partition coefficient (Wildman–Crippen LogP) is 2.33. The fourth-order valence-corrected chi connectivity index (χ4v) is 3.03. The molecule has 0 fully saturated rings. The van der Waals surface area contributed by atoms with E-state index in [1.807, 2.05) is 0 Å². The van der Waals surface area contributed by atoms with Gasteiger partial charge < -0.3 is 15.2 Å². The number of carbonyl (C=O) groups excluding carboxylic acids is 2. The van der Waals surface area contributed by atoms with E-state index in [4.69, 9.17) is 23.2 Å². The summed E-state index contributed by atoms with van der Waals surface area (Å²) in [5, 5.41) is 23.8. The quantitative estimate of drug-likeness (QED) is 0.611. The molecular weight excluding hydrogens is 371 g/mol. The molecule has 0 unspecified atom stereocenters. The lowest BCUT2D eigenvalue weighted by Crippen LogP contribution is -2.24. The number of hydrogen-bond donors (Lipinski definition) is 2. The molecule has 0 saturated heterocycles. The van der Waals surface area contributed by atoms with Crippen molar-refractivity contribution < 1.29 is 14.7 Å². The Balaban J connectivity index is 1.91. The van der Waals surface area contributed by atoms with Crippen molar-refractivity contribution in [1.82, 2.24) is 10.2 Å². The van der Waals surface area contributed by atoms with Crippen LogP contribution in [0.15, 0.2) is 22.5 Å². The highest BCUT2D eigenvalue weighted by Crippen LogP contribution is 2.26. The van der Waals surface area contributed by atoms with E-state index in [1.54, 1.807) is 12.1 Å². The first-order valence-electron chi connectivity index (χ1n) is 5.63. The summed E-state index contributed by atoms with van der Waals surface area (Å²) >= 11 is 13.6. The van der Waals surface area contributed by atoms with E-state index in [0.717, 1.165) is 23.1 Å². The van der Waals surface area contributed by atoms with Gasteiger partial charge in [-0.3, -0.25) is 5.32 Å². The van der Waals surface area contributed by atoms with Crippen molar-refractivity contribution in [2.45, 2.75) is 4.34 Å². The summed E-state index contributed by atoms with van der Waals surface area (Å²) in [5.41, 5.74) is 0.461. The number of anilines is 2. The molecule has 0 aliphatic rings. The number of aliphatic carboxylic acids is 1. The van der Waals surface area contributed by atoms with Crippen LogP contribution in [0.5, 0.6) is 0 Å². The molecule has 1 heterocycles. The van der Waals surface area contributed by atoms with Gasteiger partial charge in [-0.1, -0.05) is 46.3 Å². The Bertz CT molecular complexity index is 710. The molecule has 2 N–H and O–H groups in total. The minimum absolute atomic E-state index is 0.232. The molecule has 2 rings (SSSR count). The summed E-state index contributed by atoms with van der Waals surface area (Å²) in [6.45, 7) is 0. The van der Waals surface area contributed by atoms with Crippen molar-refractivity contribution in [3.05, 3.63) is 28.2 Å². The molecule has 0 spiro atoms. The Labute approximate surface area is 143 Å². The first-order valence-corrected chi connectivity index (χ1v) is 8.19. The number of aromatic nitrogens is 2. The van der Waals surface area contributed by atoms with Gasteiger partial charge in [-0.25, -0.2) is 4.79 Å². The van der Waals surface area contributed by atoms with Gasteiger partial charge in [0.15, 0.2) is 4.34 Å². The van der Waals surface area contributed by atoms with Crippen LogP contribution < -0.4 is 15.7 Å². The summed E-state index contributed by atoms with van der Waals surface area (Å²) in [7, 11) is 0. The lowest BCUT2D eigenvalue weighted by molar-refractivity contribution is -0.301. The standard InChI is InChI=1S/C11H8Cl2N4O3S2/c12-6-2-1-5(3-7(6)13)14-9(20)15-10-16-17-11(22-10)21-4-8(18)19/h1-3H,4H2,(H,18,19)(H2,14,15,16,20)/p-1. The SMILES string of the molecule is O=C([O-])CSc1nnc(NC(=O)Nc2ccc(Cl)c(Cl)c2)s1. The number of carbonyl (C=O) groups is 2. The maximum atomic E-state index is 11.8. The first-order chi connectivity index (χ1) is 10.4. The van der Waals surface area contributed by atoms with Gasteiger partial charge in [-0.05, 0) is 18.2 Å². The summed E-state index contributed by atoms with van der Waals surface area (Å²) < 4.78 is 0.411. The van der Waals surface area contributed by atoms with Crippen molar-refractivity contribution in [2.75, 3.05) is 16.4 Å². The number of urea groups is 1. The number of rotatable bonds is 5. The number of amides is 2. The largest absolute Gasteiger partial charge is 0.549 e. The van der Waals surface area contributed by atoms with E-state index in [0.29, 0.717) is 20.1 Å². The van der Waals surface area contributed by atoms with E-state index in [1.165, 1.54) is 6.07 Å². The molecule has 2 aromatic rings. The second kappa shape index (κ2) is 7.63. The number of hydrogen-bond acceptors (Lipinski definition) is 7. The van der Waals surface area contributed by atoms with Gasteiger partial charge in [0.2, 0.25) is 5.13 Å². The predicted molar refractivity (Wildman–Crippen MR) is 84.7 cm³/mol. The zero-order chi connectivity index (χ0) is 16.1. The van der Waals surface area contributed by atoms with E-state index in [2.05, 4.69) is 20.8 Å². The van der Waals surface area contributed by atoms with Gasteiger partial charge in [0, 0.05) is 11.4 Å². The third kappa shape index (κ3) is 5.02. The zero-order valence-electron chi connectivity index (χ0n) is 10.6. The van der Waals surface area contributed by atoms with Crippen LogP contribution in [0.4, 0.5) is 15.6 Å². The Morgan fingerprint density at radius 1 is 1.23 bits per heavy atom. The Morgan fingerprint density at radius 2 is 2.00 bits per heavy atom. The molecular formula is C11H7Cl2N4O3S2-. The molecule has 1 aromatic carbocycles. The van der Waals surface area contributed by atoms with Crippen LogP contribution in [0.25, 0.3) is 0 Å². The fraction of sp³-hybridized carbons (Fsp3) is 0.0909. The second-order valence-corrected chi connectivity index (χ2v) is 6.76. The van der Waals surface area contributed by atoms with Crippen LogP contribution in [-0.2, 0) is 4.79 Å². The van der Waals surface area contributed by atoms with Gasteiger partial charge in [-0.2, -0.15) is 0 Å². The first kappa shape index (κ1) is 16.8. The van der Waals surface area contributed by atoms with E-state index < -0.39 is 12.0 Å². The number of carboxylic acid groups (broad SMARTS) is 1. The van der Waals surface area contributed by atoms with Crippen LogP contribution in [0.1, 0.15) is 0 Å². The van der Waals surface area contributed by atoms with Gasteiger partial charge >= 0.3 is 6.03 Å². The van der Waals surface area contributed by atoms with Crippen LogP contribution >= 0.6 is 46.3 Å². The van der Waals surface area contributed by atoms with Crippen molar-refractivity contribution in [3.8, 4) is 0 Å². The molecule has 0 bridgehead atoms. The van der Waals surface area contributed by atoms with Crippen LogP contribution in [0.3, 0.4) is 0 Å². The lowest BCUT2D eigenvalue weighted by Gasteiger charge is -2.05. The smallest absolute Gasteiger partial charge is 0.325 e. The molecule has 0 aliphatic carbocycles. The number of thioether (sulfide) groups is 1. The molecule has 7 nitrogen and oxygen atoms in total. The van der Waals surface area contributed by atoms with Gasteiger partial charge in [0.25, 0.3) is 0 Å². The minimum Gasteiger partial charge on any atom is -0.549 e. The number of nitrogens with one attached hydrogen (secondary N) is 2. The highest BCUT2D eigenvalue weighted by atomic mass is 35.5. The highest BCUT2D eigenvalue weighted by Gasteiger charge is 2.09. The third-order valence-electron chi connectivity index (χ3n) is 2.12. The van der Waals surface area contributed by atoms with Crippen molar-refractivity contribution in [1.29, 1.82) is 0 Å². The van der Waals surface area contributed by atoms with E-state index >= 15 is 0 Å². The summed E-state index contributed by atoms with van der Waals surface area (Å²) in [6, 6.07) is 4.12. The van der Waals surface area contributed by atoms with Crippen LogP contribution in [0.2, 0.25) is 10.0 Å². The maximum absolute atomic E-state index is 11.8. The summed E-state index contributed by atoms with van der Waals surface area (Å²) in [6.07, 6.45) is 0. The Morgan fingerprint density at radius 3 is 2.68 bits per heavy atom. The molecule has 1 aromatic heterocycles. The number of halogens is 2. The van der Waals surface area contributed by atoms with Gasteiger partial charge in [-0.15, -0.1) is 10.2 Å². The number of benzene rings is 1. The Hall–Kier alpha value is -1.55. The topological polar surface area (TPSA) is 107 Å². The molecule has 22 heavy (non-hydrogen) atoms. The van der Waals surface area contributed by atoms with Crippen molar-refractivity contribution >= 4 is 69.1 Å². The molecule has 0 radical (unpaired) electrons. The molecule has 2 amide bonds. The molecule has 0 saturated carbocycles. The van der Waals surface area contributed by atoms with Crippen molar-refractivity contribution in [3.63, 3.8) is 0 Å². The monoisotopic (exact) mass is 377 g/mol. The van der Waals surface area contributed by atoms with Crippen LogP contribution in [0, 0.1) is 0 Å². The van der Waals surface area contributed by atoms with E-state index in [-0.39, 0.29) is 10.9 Å². The Kier molecular flexibility index (Phi) is 5.83. The molecule has 0 aliphatic heterocycles. The zero-order valence-corrected chi connectivity index (χ0v) is 13.8. The lowest BCUT2D eigenvalue weighted by atomic mass is 10.3.